The number of aromatic nitrogens is 1. The number of H-pyrrole nitrogens is 1. The number of hydrogen-bond donors (Lipinski definition) is 2. The summed E-state index contributed by atoms with van der Waals surface area (Å²) < 4.78 is 0. The summed E-state index contributed by atoms with van der Waals surface area (Å²) in [5, 5.41) is 5.60. The highest BCUT2D eigenvalue weighted by Gasteiger charge is 2.07. The van der Waals surface area contributed by atoms with E-state index in [4.69, 9.17) is 11.6 Å². The first-order valence-corrected chi connectivity index (χ1v) is 7.15. The van der Waals surface area contributed by atoms with Crippen LogP contribution in [0.4, 0.5) is 0 Å². The zero-order valence-electron chi connectivity index (χ0n) is 11.4. The van der Waals surface area contributed by atoms with Crippen molar-refractivity contribution in [3.8, 4) is 0 Å². The van der Waals surface area contributed by atoms with E-state index in [0.29, 0.717) is 0 Å². The maximum atomic E-state index is 6.03. The molecule has 0 aliphatic carbocycles. The van der Waals surface area contributed by atoms with E-state index in [-0.39, 0.29) is 6.04 Å². The molecule has 1 unspecified atom stereocenters. The minimum atomic E-state index is 0.266. The van der Waals surface area contributed by atoms with Crippen molar-refractivity contribution in [3.05, 3.63) is 70.9 Å². The Bertz CT molecular complexity index is 718. The highest BCUT2D eigenvalue weighted by Crippen LogP contribution is 2.20. The number of benzene rings is 2. The van der Waals surface area contributed by atoms with E-state index in [2.05, 4.69) is 47.7 Å². The van der Waals surface area contributed by atoms with Gasteiger partial charge in [0.15, 0.2) is 0 Å². The summed E-state index contributed by atoms with van der Waals surface area (Å²) in [6.07, 6.45) is 2.07. The number of rotatable bonds is 4. The Hall–Kier alpha value is -1.77. The molecule has 0 radical (unpaired) electrons. The van der Waals surface area contributed by atoms with Crippen molar-refractivity contribution in [2.75, 3.05) is 0 Å². The third kappa shape index (κ3) is 2.72. The van der Waals surface area contributed by atoms with E-state index in [1.54, 1.807) is 0 Å². The van der Waals surface area contributed by atoms with Crippen LogP contribution < -0.4 is 5.32 Å². The standard InChI is InChI=1S/C17H17ClN2/c1-12(13-5-4-6-15(18)9-13)19-10-14-11-20-17-8-3-2-7-16(14)17/h2-9,11-12,19-20H,10H2,1H3. The second-order valence-electron chi connectivity index (χ2n) is 5.02. The number of hydrogen-bond acceptors (Lipinski definition) is 1. The average Bonchev–Trinajstić information content (AvgIpc) is 2.88. The summed E-state index contributed by atoms with van der Waals surface area (Å²) in [7, 11) is 0. The Morgan fingerprint density at radius 1 is 1.15 bits per heavy atom. The van der Waals surface area contributed by atoms with Gasteiger partial charge >= 0.3 is 0 Å². The molecule has 0 saturated carbocycles. The molecule has 2 nitrogen and oxygen atoms in total. The zero-order valence-corrected chi connectivity index (χ0v) is 12.1. The first-order valence-electron chi connectivity index (χ1n) is 6.78. The lowest BCUT2D eigenvalue weighted by Crippen LogP contribution is -2.17. The second-order valence-corrected chi connectivity index (χ2v) is 5.45. The fourth-order valence-electron chi connectivity index (χ4n) is 2.43. The molecule has 2 N–H and O–H groups in total. The van der Waals surface area contributed by atoms with Crippen molar-refractivity contribution in [2.45, 2.75) is 19.5 Å². The van der Waals surface area contributed by atoms with Crippen LogP contribution in [0.2, 0.25) is 5.02 Å². The van der Waals surface area contributed by atoms with Crippen molar-refractivity contribution >= 4 is 22.5 Å². The van der Waals surface area contributed by atoms with Gasteiger partial charge in [-0.2, -0.15) is 0 Å². The molecule has 1 atom stereocenters. The van der Waals surface area contributed by atoms with Gasteiger partial charge in [-0.15, -0.1) is 0 Å². The molecule has 20 heavy (non-hydrogen) atoms. The van der Waals surface area contributed by atoms with Crippen molar-refractivity contribution in [3.63, 3.8) is 0 Å². The van der Waals surface area contributed by atoms with Gasteiger partial charge in [0, 0.05) is 34.7 Å². The highest BCUT2D eigenvalue weighted by atomic mass is 35.5. The Balaban J connectivity index is 1.73. The number of aromatic amines is 1. The smallest absolute Gasteiger partial charge is 0.0457 e. The largest absolute Gasteiger partial charge is 0.361 e. The molecule has 0 fully saturated rings. The summed E-state index contributed by atoms with van der Waals surface area (Å²) in [5.74, 6) is 0. The van der Waals surface area contributed by atoms with Crippen molar-refractivity contribution < 1.29 is 0 Å². The molecule has 0 spiro atoms. The van der Waals surface area contributed by atoms with Gasteiger partial charge in [-0.3, -0.25) is 0 Å². The van der Waals surface area contributed by atoms with E-state index in [1.165, 1.54) is 22.0 Å². The molecule has 0 saturated heterocycles. The van der Waals surface area contributed by atoms with Crippen LogP contribution in [0, 0.1) is 0 Å². The van der Waals surface area contributed by atoms with Gasteiger partial charge in [0.05, 0.1) is 0 Å². The molecular formula is C17H17ClN2. The third-order valence-electron chi connectivity index (χ3n) is 3.62. The van der Waals surface area contributed by atoms with E-state index in [1.807, 2.05) is 24.3 Å². The Morgan fingerprint density at radius 2 is 2.00 bits per heavy atom. The van der Waals surface area contributed by atoms with Gasteiger partial charge in [0.1, 0.15) is 0 Å². The lowest BCUT2D eigenvalue weighted by atomic mass is 10.1. The maximum Gasteiger partial charge on any atom is 0.0457 e. The summed E-state index contributed by atoms with van der Waals surface area (Å²) in [6, 6.07) is 16.6. The number of para-hydroxylation sites is 1. The minimum Gasteiger partial charge on any atom is -0.361 e. The van der Waals surface area contributed by atoms with Crippen molar-refractivity contribution in [1.82, 2.24) is 10.3 Å². The van der Waals surface area contributed by atoms with E-state index in [9.17, 15) is 0 Å². The average molecular weight is 285 g/mol. The molecule has 1 aromatic heterocycles. The molecule has 0 aliphatic rings. The third-order valence-corrected chi connectivity index (χ3v) is 3.86. The van der Waals surface area contributed by atoms with Crippen LogP contribution in [0.3, 0.4) is 0 Å². The fraction of sp³-hybridized carbons (Fsp3) is 0.176. The van der Waals surface area contributed by atoms with Crippen LogP contribution in [0.1, 0.15) is 24.1 Å². The molecule has 0 bridgehead atoms. The lowest BCUT2D eigenvalue weighted by Gasteiger charge is -2.14. The number of fused-ring (bicyclic) bond motifs is 1. The van der Waals surface area contributed by atoms with Gasteiger partial charge in [-0.1, -0.05) is 41.9 Å². The number of halogens is 1. The topological polar surface area (TPSA) is 27.8 Å². The Kier molecular flexibility index (Phi) is 3.77. The van der Waals surface area contributed by atoms with Gasteiger partial charge in [0.25, 0.3) is 0 Å². The predicted octanol–water partition coefficient (Wildman–Crippen LogP) is 4.67. The van der Waals surface area contributed by atoms with Crippen LogP contribution in [0.5, 0.6) is 0 Å². The summed E-state index contributed by atoms with van der Waals surface area (Å²) >= 11 is 6.03. The molecule has 102 valence electrons. The van der Waals surface area contributed by atoms with Crippen LogP contribution in [0.15, 0.2) is 54.7 Å². The van der Waals surface area contributed by atoms with Crippen molar-refractivity contribution in [1.29, 1.82) is 0 Å². The van der Waals surface area contributed by atoms with E-state index < -0.39 is 0 Å². The molecule has 3 heteroatoms. The van der Waals surface area contributed by atoms with E-state index >= 15 is 0 Å². The number of nitrogens with one attached hydrogen (secondary N) is 2. The molecule has 0 amide bonds. The predicted molar refractivity (Wildman–Crippen MR) is 85.0 cm³/mol. The zero-order chi connectivity index (χ0) is 13.9. The molecule has 3 aromatic rings. The van der Waals surface area contributed by atoms with Gasteiger partial charge in [-0.05, 0) is 36.2 Å². The summed E-state index contributed by atoms with van der Waals surface area (Å²) in [4.78, 5) is 3.30. The lowest BCUT2D eigenvalue weighted by molar-refractivity contribution is 0.576. The Morgan fingerprint density at radius 3 is 2.85 bits per heavy atom. The quantitative estimate of drug-likeness (QED) is 0.716. The molecule has 3 rings (SSSR count). The van der Waals surface area contributed by atoms with Crippen LogP contribution in [0.25, 0.3) is 10.9 Å². The highest BCUT2D eigenvalue weighted by molar-refractivity contribution is 6.30. The van der Waals surface area contributed by atoms with Gasteiger partial charge in [0.2, 0.25) is 0 Å². The Labute approximate surface area is 123 Å². The van der Waals surface area contributed by atoms with E-state index in [0.717, 1.165) is 11.6 Å². The molecule has 2 aromatic carbocycles. The van der Waals surface area contributed by atoms with Crippen molar-refractivity contribution in [2.24, 2.45) is 0 Å². The first-order chi connectivity index (χ1) is 9.74. The molecular weight excluding hydrogens is 268 g/mol. The monoisotopic (exact) mass is 284 g/mol. The molecule has 0 aliphatic heterocycles. The minimum absolute atomic E-state index is 0.266. The second kappa shape index (κ2) is 5.70. The SMILES string of the molecule is CC(NCc1c[nH]c2ccccc12)c1cccc(Cl)c1. The maximum absolute atomic E-state index is 6.03. The fourth-order valence-corrected chi connectivity index (χ4v) is 2.63. The normalized spacial score (nSPS) is 12.7. The van der Waals surface area contributed by atoms with Crippen LogP contribution >= 0.6 is 11.6 Å². The summed E-state index contributed by atoms with van der Waals surface area (Å²) in [6.45, 7) is 2.98. The summed E-state index contributed by atoms with van der Waals surface area (Å²) in [5.41, 5.74) is 3.67. The van der Waals surface area contributed by atoms with Gasteiger partial charge < -0.3 is 10.3 Å². The van der Waals surface area contributed by atoms with Crippen LogP contribution in [-0.4, -0.2) is 4.98 Å². The molecule has 1 heterocycles. The van der Waals surface area contributed by atoms with Gasteiger partial charge in [-0.25, -0.2) is 0 Å². The van der Waals surface area contributed by atoms with Crippen LogP contribution in [-0.2, 0) is 6.54 Å². The first kappa shape index (κ1) is 13.2.